The molecular weight excluding hydrogens is 236 g/mol. The van der Waals surface area contributed by atoms with Gasteiger partial charge in [0.2, 0.25) is 0 Å². The van der Waals surface area contributed by atoms with Gasteiger partial charge in [0, 0.05) is 4.88 Å². The molecular formula is C12H16N2S2. The zero-order valence-corrected chi connectivity index (χ0v) is 11.0. The molecule has 0 aliphatic heterocycles. The summed E-state index contributed by atoms with van der Waals surface area (Å²) < 4.78 is 0. The summed E-state index contributed by atoms with van der Waals surface area (Å²) in [6, 6.07) is 4.21. The molecule has 2 heterocycles. The van der Waals surface area contributed by atoms with E-state index in [0.717, 1.165) is 25.0 Å². The lowest BCUT2D eigenvalue weighted by atomic mass is 10.2. The normalized spacial score (nSPS) is 10.9. The highest BCUT2D eigenvalue weighted by atomic mass is 32.1. The fraction of sp³-hybridized carbons (Fsp3) is 0.417. The van der Waals surface area contributed by atoms with Crippen LogP contribution in [0.5, 0.6) is 0 Å². The Morgan fingerprint density at radius 3 is 2.88 bits per heavy atom. The van der Waals surface area contributed by atoms with Gasteiger partial charge in [-0.15, -0.1) is 22.7 Å². The second kappa shape index (κ2) is 5.57. The Bertz CT molecular complexity index is 432. The minimum atomic E-state index is 0.701. The molecule has 0 spiro atoms. The SMILES string of the molecule is CCCc1nc(-c2cccs2)c(CCN)s1. The molecule has 0 radical (unpaired) electrons. The molecule has 0 bridgehead atoms. The minimum Gasteiger partial charge on any atom is -0.330 e. The third-order valence-corrected chi connectivity index (χ3v) is 4.38. The van der Waals surface area contributed by atoms with Gasteiger partial charge in [-0.05, 0) is 37.3 Å². The summed E-state index contributed by atoms with van der Waals surface area (Å²) in [7, 11) is 0. The van der Waals surface area contributed by atoms with E-state index in [-0.39, 0.29) is 0 Å². The van der Waals surface area contributed by atoms with Crippen molar-refractivity contribution in [1.82, 2.24) is 4.98 Å². The highest BCUT2D eigenvalue weighted by molar-refractivity contribution is 7.15. The molecule has 2 nitrogen and oxygen atoms in total. The Morgan fingerprint density at radius 1 is 1.38 bits per heavy atom. The van der Waals surface area contributed by atoms with Gasteiger partial charge < -0.3 is 5.73 Å². The predicted molar refractivity (Wildman–Crippen MR) is 72.2 cm³/mol. The van der Waals surface area contributed by atoms with Crippen molar-refractivity contribution >= 4 is 22.7 Å². The maximum Gasteiger partial charge on any atom is 0.0946 e. The molecule has 0 amide bonds. The predicted octanol–water partition coefficient (Wildman–Crippen LogP) is 3.33. The number of aryl methyl sites for hydroxylation is 1. The summed E-state index contributed by atoms with van der Waals surface area (Å²) in [5.41, 5.74) is 6.81. The fourth-order valence-electron chi connectivity index (χ4n) is 1.63. The lowest BCUT2D eigenvalue weighted by molar-refractivity contribution is 0.909. The van der Waals surface area contributed by atoms with Crippen molar-refractivity contribution in [2.24, 2.45) is 5.73 Å². The summed E-state index contributed by atoms with van der Waals surface area (Å²) >= 11 is 3.57. The van der Waals surface area contributed by atoms with Crippen LogP contribution in [-0.4, -0.2) is 11.5 Å². The summed E-state index contributed by atoms with van der Waals surface area (Å²) in [6.45, 7) is 2.89. The maximum atomic E-state index is 5.65. The van der Waals surface area contributed by atoms with Crippen molar-refractivity contribution in [1.29, 1.82) is 0 Å². The molecule has 2 rings (SSSR count). The average molecular weight is 252 g/mol. The average Bonchev–Trinajstić information content (AvgIpc) is 2.87. The van der Waals surface area contributed by atoms with Gasteiger partial charge >= 0.3 is 0 Å². The zero-order valence-electron chi connectivity index (χ0n) is 9.40. The second-order valence-corrected chi connectivity index (χ2v) is 5.76. The van der Waals surface area contributed by atoms with Crippen LogP contribution in [0.2, 0.25) is 0 Å². The molecule has 4 heteroatoms. The largest absolute Gasteiger partial charge is 0.330 e. The molecule has 86 valence electrons. The first kappa shape index (κ1) is 11.8. The zero-order chi connectivity index (χ0) is 11.4. The van der Waals surface area contributed by atoms with Crippen LogP contribution in [-0.2, 0) is 12.8 Å². The van der Waals surface area contributed by atoms with Gasteiger partial charge in [0.05, 0.1) is 15.6 Å². The van der Waals surface area contributed by atoms with Gasteiger partial charge in [0.25, 0.3) is 0 Å². The van der Waals surface area contributed by atoms with Crippen LogP contribution in [0.3, 0.4) is 0 Å². The smallest absolute Gasteiger partial charge is 0.0946 e. The summed E-state index contributed by atoms with van der Waals surface area (Å²) in [6.07, 6.45) is 3.17. The van der Waals surface area contributed by atoms with Gasteiger partial charge in [0.15, 0.2) is 0 Å². The molecule has 2 aromatic rings. The van der Waals surface area contributed by atoms with Gasteiger partial charge in [-0.3, -0.25) is 0 Å². The van der Waals surface area contributed by atoms with Crippen molar-refractivity contribution in [2.75, 3.05) is 6.54 Å². The van der Waals surface area contributed by atoms with Crippen molar-refractivity contribution in [2.45, 2.75) is 26.2 Å². The molecule has 0 atom stereocenters. The van der Waals surface area contributed by atoms with Crippen molar-refractivity contribution in [3.63, 3.8) is 0 Å². The second-order valence-electron chi connectivity index (χ2n) is 3.65. The van der Waals surface area contributed by atoms with E-state index < -0.39 is 0 Å². The Balaban J connectivity index is 2.34. The number of nitrogens with two attached hydrogens (primary N) is 1. The van der Waals surface area contributed by atoms with E-state index in [1.54, 1.807) is 11.3 Å². The standard InChI is InChI=1S/C12H16N2S2/c1-2-4-11-14-12(9-5-3-8-15-9)10(16-11)6-7-13/h3,5,8H,2,4,6-7,13H2,1H3. The number of aromatic nitrogens is 1. The highest BCUT2D eigenvalue weighted by Gasteiger charge is 2.12. The van der Waals surface area contributed by atoms with Crippen LogP contribution in [0.1, 0.15) is 23.2 Å². The first-order chi connectivity index (χ1) is 7.85. The highest BCUT2D eigenvalue weighted by Crippen LogP contribution is 2.32. The fourth-order valence-corrected chi connectivity index (χ4v) is 3.63. The van der Waals surface area contributed by atoms with Crippen LogP contribution >= 0.6 is 22.7 Å². The van der Waals surface area contributed by atoms with Gasteiger partial charge in [-0.1, -0.05) is 13.0 Å². The first-order valence-electron chi connectivity index (χ1n) is 5.57. The van der Waals surface area contributed by atoms with E-state index in [4.69, 9.17) is 10.7 Å². The van der Waals surface area contributed by atoms with E-state index in [0.29, 0.717) is 6.54 Å². The molecule has 16 heavy (non-hydrogen) atoms. The Labute approximate surface area is 104 Å². The monoisotopic (exact) mass is 252 g/mol. The van der Waals surface area contributed by atoms with Crippen molar-refractivity contribution in [3.05, 3.63) is 27.4 Å². The quantitative estimate of drug-likeness (QED) is 0.886. The minimum absolute atomic E-state index is 0.701. The van der Waals surface area contributed by atoms with Crippen molar-refractivity contribution < 1.29 is 0 Å². The van der Waals surface area contributed by atoms with E-state index in [9.17, 15) is 0 Å². The van der Waals surface area contributed by atoms with Crippen LogP contribution in [0.4, 0.5) is 0 Å². The third kappa shape index (κ3) is 2.51. The summed E-state index contributed by atoms with van der Waals surface area (Å²) in [5.74, 6) is 0. The van der Waals surface area contributed by atoms with Crippen LogP contribution in [0, 0.1) is 0 Å². The van der Waals surface area contributed by atoms with E-state index in [2.05, 4.69) is 24.4 Å². The number of nitrogens with zero attached hydrogens (tertiary/aromatic N) is 1. The van der Waals surface area contributed by atoms with E-state index in [1.807, 2.05) is 11.3 Å². The Morgan fingerprint density at radius 2 is 2.25 bits per heavy atom. The summed E-state index contributed by atoms with van der Waals surface area (Å²) in [5, 5.41) is 3.34. The lowest BCUT2D eigenvalue weighted by Gasteiger charge is -1.96. The Hall–Kier alpha value is -0.710. The maximum absolute atomic E-state index is 5.65. The molecule has 0 aliphatic carbocycles. The molecule has 2 N–H and O–H groups in total. The molecule has 0 unspecified atom stereocenters. The van der Waals surface area contributed by atoms with Crippen LogP contribution in [0.25, 0.3) is 10.6 Å². The molecule has 0 aliphatic rings. The molecule has 0 aromatic carbocycles. The molecule has 0 saturated heterocycles. The number of thiophene rings is 1. The number of hydrogen-bond donors (Lipinski definition) is 1. The number of rotatable bonds is 5. The van der Waals surface area contributed by atoms with Crippen LogP contribution < -0.4 is 5.73 Å². The molecule has 0 saturated carbocycles. The topological polar surface area (TPSA) is 38.9 Å². The number of hydrogen-bond acceptors (Lipinski definition) is 4. The third-order valence-electron chi connectivity index (χ3n) is 2.33. The lowest BCUT2D eigenvalue weighted by Crippen LogP contribution is -2.01. The summed E-state index contributed by atoms with van der Waals surface area (Å²) in [4.78, 5) is 7.34. The van der Waals surface area contributed by atoms with E-state index in [1.165, 1.54) is 14.8 Å². The van der Waals surface area contributed by atoms with Gasteiger partial charge in [0.1, 0.15) is 0 Å². The van der Waals surface area contributed by atoms with Gasteiger partial charge in [-0.2, -0.15) is 0 Å². The number of thiazole rings is 1. The van der Waals surface area contributed by atoms with Gasteiger partial charge in [-0.25, -0.2) is 4.98 Å². The molecule has 2 aromatic heterocycles. The first-order valence-corrected chi connectivity index (χ1v) is 7.27. The van der Waals surface area contributed by atoms with Crippen molar-refractivity contribution in [3.8, 4) is 10.6 Å². The van der Waals surface area contributed by atoms with Crippen LogP contribution in [0.15, 0.2) is 17.5 Å². The molecule has 0 fully saturated rings. The Kier molecular flexibility index (Phi) is 4.09. The van der Waals surface area contributed by atoms with E-state index >= 15 is 0 Å².